The highest BCUT2D eigenvalue weighted by molar-refractivity contribution is 7.81. The smallest absolute Gasteiger partial charge is 0.241 e. The normalized spacial score (nSPS) is 16.9. The Hall–Kier alpha value is -0.980. The molecule has 0 aromatic heterocycles. The summed E-state index contributed by atoms with van der Waals surface area (Å²) in [6.07, 6.45) is -6.83. The molecule has 0 bridgehead atoms. The Morgan fingerprint density at radius 3 is 1.08 bits per heavy atom. The average Bonchev–Trinajstić information content (AvgIpc) is 2.68. The molecule has 0 aliphatic rings. The van der Waals surface area contributed by atoms with E-state index in [1.807, 2.05) is 0 Å². The van der Waals surface area contributed by atoms with Crippen LogP contribution in [0.3, 0.4) is 0 Å². The minimum absolute atomic E-state index is 0.133. The fourth-order valence-electron chi connectivity index (χ4n) is 2.51. The summed E-state index contributed by atoms with van der Waals surface area (Å²) in [6.45, 7) is 1.49. The molecular weight excluding hydrogens is 585 g/mol. The first kappa shape index (κ1) is 35.0. The van der Waals surface area contributed by atoms with Crippen molar-refractivity contribution in [2.45, 2.75) is 97.8 Å². The maximum absolute atomic E-state index is 13.7. The molecule has 0 aromatic rings. The van der Waals surface area contributed by atoms with Crippen molar-refractivity contribution < 1.29 is 83.4 Å². The number of unbranched alkanes of at least 4 members (excludes halogenated alkanes) is 3. The number of hydrogen-bond acceptors (Lipinski definition) is 1. The number of hydrogen-bond donors (Lipinski definition) is 1. The number of alkyl halides is 19. The second kappa shape index (κ2) is 9.96. The van der Waals surface area contributed by atoms with E-state index in [4.69, 9.17) is 0 Å². The third-order valence-electron chi connectivity index (χ3n) is 4.87. The van der Waals surface area contributed by atoms with Crippen molar-refractivity contribution in [2.75, 3.05) is 0 Å². The van der Waals surface area contributed by atoms with E-state index in [1.165, 1.54) is 19.6 Å². The van der Waals surface area contributed by atoms with Gasteiger partial charge in [0.05, 0.1) is 0 Å². The van der Waals surface area contributed by atoms with E-state index < -0.39 is 71.6 Å². The monoisotopic (exact) mass is 600 g/mol. The second-order valence-corrected chi connectivity index (χ2v) is 8.06. The zero-order valence-corrected chi connectivity index (χ0v) is 18.1. The zero-order chi connectivity index (χ0) is 29.6. The van der Waals surface area contributed by atoms with Gasteiger partial charge in [-0.15, -0.1) is 0 Å². The Kier molecular flexibility index (Phi) is 9.69. The third kappa shape index (κ3) is 4.91. The van der Waals surface area contributed by atoms with Gasteiger partial charge in [0, 0.05) is 0 Å². The van der Waals surface area contributed by atoms with Gasteiger partial charge in [-0.1, -0.05) is 45.2 Å². The third-order valence-corrected chi connectivity index (χ3v) is 5.15. The summed E-state index contributed by atoms with van der Waals surface area (Å²) < 4.78 is 254. The van der Waals surface area contributed by atoms with Gasteiger partial charge in [0.2, 0.25) is 0 Å². The van der Waals surface area contributed by atoms with Gasteiger partial charge in [-0.2, -0.15) is 79.0 Å². The van der Waals surface area contributed by atoms with Crippen LogP contribution in [0.4, 0.5) is 83.4 Å². The van der Waals surface area contributed by atoms with E-state index in [-0.39, 0.29) is 12.8 Å². The second-order valence-electron chi connectivity index (χ2n) is 7.50. The van der Waals surface area contributed by atoms with Crippen LogP contribution < -0.4 is 0 Å². The molecule has 0 nitrogen and oxygen atoms in total. The Labute approximate surface area is 195 Å². The Morgan fingerprint density at radius 1 is 0.472 bits per heavy atom. The van der Waals surface area contributed by atoms with Crippen LogP contribution in [0.25, 0.3) is 0 Å². The highest BCUT2D eigenvalue weighted by atomic mass is 32.1. The van der Waals surface area contributed by atoms with Gasteiger partial charge in [0.1, 0.15) is 0 Å². The molecule has 218 valence electrons. The molecule has 0 saturated heterocycles. The predicted octanol–water partition coefficient (Wildman–Crippen LogP) is 8.90. The molecule has 0 amide bonds. The summed E-state index contributed by atoms with van der Waals surface area (Å²) >= 11 is 1.40. The van der Waals surface area contributed by atoms with Crippen molar-refractivity contribution in [2.24, 2.45) is 0 Å². The lowest BCUT2D eigenvalue weighted by molar-refractivity contribution is -0.460. The number of thiol groups is 1. The van der Waals surface area contributed by atoms with Crippen molar-refractivity contribution in [3.05, 3.63) is 0 Å². The van der Waals surface area contributed by atoms with Gasteiger partial charge in [-0.3, -0.25) is 0 Å². The standard InChI is InChI=1S/C16H15F19S/c1-2-3-4-5-6-7(17)8(18,19)9(20,21)10(22,23)11(24,25)12(26,27)13(28,29)14(30,31)15(32,33)16(34,35)36/h7,36H,2-6H2,1H3. The minimum Gasteiger partial charge on any atom is -0.241 e. The van der Waals surface area contributed by atoms with Crippen LogP contribution in [0.1, 0.15) is 39.0 Å². The minimum atomic E-state index is -8.86. The van der Waals surface area contributed by atoms with Gasteiger partial charge >= 0.3 is 52.6 Å². The Balaban J connectivity index is 6.64. The molecule has 0 aliphatic carbocycles. The van der Waals surface area contributed by atoms with Crippen molar-refractivity contribution in [1.29, 1.82) is 0 Å². The first-order chi connectivity index (χ1) is 15.5. The van der Waals surface area contributed by atoms with Crippen molar-refractivity contribution >= 4 is 12.6 Å². The summed E-state index contributed by atoms with van der Waals surface area (Å²) in [5, 5.41) is -6.73. The van der Waals surface area contributed by atoms with Crippen LogP contribution in [0.5, 0.6) is 0 Å². The highest BCUT2D eigenvalue weighted by Gasteiger charge is 2.96. The van der Waals surface area contributed by atoms with Crippen molar-refractivity contribution in [3.63, 3.8) is 0 Å². The van der Waals surface area contributed by atoms with Crippen LogP contribution >= 0.6 is 12.6 Å². The lowest BCUT2D eigenvalue weighted by Crippen LogP contribution is -2.76. The topological polar surface area (TPSA) is 0 Å². The maximum atomic E-state index is 13.7. The quantitative estimate of drug-likeness (QED) is 0.115. The molecule has 0 N–H and O–H groups in total. The lowest BCUT2D eigenvalue weighted by atomic mass is 9.86. The molecule has 0 fully saturated rings. The summed E-state index contributed by atoms with van der Waals surface area (Å²) in [5.74, 6) is -66.3. The van der Waals surface area contributed by atoms with Gasteiger partial charge < -0.3 is 0 Å². The molecule has 20 heteroatoms. The fraction of sp³-hybridized carbons (Fsp3) is 1.00. The van der Waals surface area contributed by atoms with E-state index in [1.54, 1.807) is 0 Å². The molecule has 0 radical (unpaired) electrons. The average molecular weight is 600 g/mol. The van der Waals surface area contributed by atoms with Gasteiger partial charge in [0.15, 0.2) is 6.17 Å². The Bertz CT molecular complexity index is 738. The molecule has 0 spiro atoms. The molecule has 0 aliphatic heterocycles. The molecular formula is C16H15F19S. The molecule has 1 atom stereocenters. The van der Waals surface area contributed by atoms with Crippen molar-refractivity contribution in [1.82, 2.24) is 0 Å². The van der Waals surface area contributed by atoms with E-state index in [2.05, 4.69) is 0 Å². The van der Waals surface area contributed by atoms with Crippen LogP contribution in [0.15, 0.2) is 0 Å². The SMILES string of the molecule is CCCCCCC(F)C(F)(F)C(F)(F)C(F)(F)C(F)(F)C(F)(F)C(F)(F)C(F)(F)C(F)(F)C(F)(F)S. The first-order valence-electron chi connectivity index (χ1n) is 9.25. The summed E-state index contributed by atoms with van der Waals surface area (Å²) in [4.78, 5) is 0. The highest BCUT2D eigenvalue weighted by Crippen LogP contribution is 2.65. The largest absolute Gasteiger partial charge is 0.387 e. The lowest BCUT2D eigenvalue weighted by Gasteiger charge is -2.44. The fourth-order valence-corrected chi connectivity index (χ4v) is 2.65. The van der Waals surface area contributed by atoms with Crippen molar-refractivity contribution in [3.8, 4) is 0 Å². The molecule has 0 rings (SSSR count). The summed E-state index contributed by atoms with van der Waals surface area (Å²) in [6, 6.07) is 0. The first-order valence-corrected chi connectivity index (χ1v) is 9.69. The van der Waals surface area contributed by atoms with E-state index >= 15 is 0 Å². The van der Waals surface area contributed by atoms with E-state index in [0.717, 1.165) is 0 Å². The van der Waals surface area contributed by atoms with Gasteiger partial charge in [0.25, 0.3) is 0 Å². The predicted molar refractivity (Wildman–Crippen MR) is 87.2 cm³/mol. The van der Waals surface area contributed by atoms with Gasteiger partial charge in [-0.25, -0.2) is 4.39 Å². The number of halogens is 19. The molecule has 0 saturated carbocycles. The van der Waals surface area contributed by atoms with Gasteiger partial charge in [-0.05, 0) is 6.42 Å². The zero-order valence-electron chi connectivity index (χ0n) is 17.2. The molecule has 36 heavy (non-hydrogen) atoms. The van der Waals surface area contributed by atoms with Crippen LogP contribution in [0.2, 0.25) is 0 Å². The summed E-state index contributed by atoms with van der Waals surface area (Å²) in [5.41, 5.74) is 0. The molecule has 0 heterocycles. The van der Waals surface area contributed by atoms with Crippen LogP contribution in [-0.2, 0) is 0 Å². The van der Waals surface area contributed by atoms with Crippen LogP contribution in [0, 0.1) is 0 Å². The van der Waals surface area contributed by atoms with E-state index in [0.29, 0.717) is 6.42 Å². The van der Waals surface area contributed by atoms with E-state index in [9.17, 15) is 83.4 Å². The molecule has 0 aromatic carbocycles. The maximum Gasteiger partial charge on any atom is 0.387 e. The summed E-state index contributed by atoms with van der Waals surface area (Å²) in [7, 11) is 0. The number of rotatable bonds is 14. The Morgan fingerprint density at radius 2 is 0.778 bits per heavy atom. The molecule has 1 unspecified atom stereocenters. The van der Waals surface area contributed by atoms with Crippen LogP contribution in [-0.4, -0.2) is 58.8 Å².